The van der Waals surface area contributed by atoms with Crippen LogP contribution in [0.4, 0.5) is 8.78 Å². The third-order valence-electron chi connectivity index (χ3n) is 6.99. The highest BCUT2D eigenvalue weighted by Gasteiger charge is 2.44. The minimum absolute atomic E-state index is 0.0200. The molecule has 6 nitrogen and oxygen atoms in total. The molecule has 2 heterocycles. The van der Waals surface area contributed by atoms with E-state index >= 15 is 8.78 Å². The molecule has 0 saturated heterocycles. The van der Waals surface area contributed by atoms with Crippen LogP contribution in [0.3, 0.4) is 0 Å². The van der Waals surface area contributed by atoms with Crippen LogP contribution in [-0.2, 0) is 11.2 Å². The number of pyridine rings is 1. The molecule has 2 aliphatic rings. The highest BCUT2D eigenvalue weighted by atomic mass is 35.5. The molecule has 1 aromatic carbocycles. The summed E-state index contributed by atoms with van der Waals surface area (Å²) >= 11 is 6.56. The van der Waals surface area contributed by atoms with E-state index in [1.807, 2.05) is 13.8 Å². The zero-order valence-electron chi connectivity index (χ0n) is 22.8. The molecule has 0 spiro atoms. The molecule has 39 heavy (non-hydrogen) atoms. The summed E-state index contributed by atoms with van der Waals surface area (Å²) in [6, 6.07) is 1.25. The molecule has 1 aromatic heterocycles. The number of aromatic nitrogens is 1. The number of rotatable bonds is 11. The molecule has 0 bridgehead atoms. The molecular weight excluding hydrogens is 526 g/mol. The van der Waals surface area contributed by atoms with Gasteiger partial charge in [0.25, 0.3) is 11.8 Å². The quantitative estimate of drug-likeness (QED) is 0.300. The van der Waals surface area contributed by atoms with E-state index in [0.29, 0.717) is 18.4 Å². The molecule has 1 unspecified atom stereocenters. The summed E-state index contributed by atoms with van der Waals surface area (Å²) in [6.07, 6.45) is 12.2. The van der Waals surface area contributed by atoms with Crippen LogP contribution in [0.15, 0.2) is 36.1 Å². The van der Waals surface area contributed by atoms with E-state index in [0.717, 1.165) is 31.3 Å². The number of halogens is 3. The van der Waals surface area contributed by atoms with Crippen molar-refractivity contribution in [2.75, 3.05) is 20.3 Å². The smallest absolute Gasteiger partial charge is 0.253 e. The van der Waals surface area contributed by atoms with Gasteiger partial charge in [0.2, 0.25) is 0 Å². The van der Waals surface area contributed by atoms with E-state index in [4.69, 9.17) is 25.8 Å². The zero-order chi connectivity index (χ0) is 28.2. The number of allylic oxidation sites excluding steroid dienone is 2. The first-order chi connectivity index (χ1) is 18.7. The average molecular weight is 561 g/mol. The minimum atomic E-state index is -0.904. The number of carbonyl (C=O) groups is 1. The van der Waals surface area contributed by atoms with Crippen molar-refractivity contribution in [3.05, 3.63) is 63.8 Å². The Labute approximate surface area is 233 Å². The molecule has 1 amide bonds. The SMILES string of the molecule is CCCCC1(C2=CCCC=C2)Cc2c(cc(F)c(Cl)c2-c2c(C(=O)NC)cnc(OCCOC(C)C)c2F)O1. The number of unbranched alkanes of at least 4 members (excludes halogenated alkanes) is 1. The van der Waals surface area contributed by atoms with Gasteiger partial charge >= 0.3 is 0 Å². The predicted molar refractivity (Wildman–Crippen MR) is 148 cm³/mol. The number of amides is 1. The topological polar surface area (TPSA) is 69.7 Å². The van der Waals surface area contributed by atoms with Crippen molar-refractivity contribution in [1.29, 1.82) is 0 Å². The molecule has 9 heteroatoms. The van der Waals surface area contributed by atoms with Crippen LogP contribution in [0.1, 0.15) is 68.8 Å². The predicted octanol–water partition coefficient (Wildman–Crippen LogP) is 6.98. The second kappa shape index (κ2) is 12.5. The van der Waals surface area contributed by atoms with Crippen LogP contribution in [0.5, 0.6) is 11.6 Å². The van der Waals surface area contributed by atoms with Crippen molar-refractivity contribution in [2.24, 2.45) is 0 Å². The number of carbonyl (C=O) groups excluding carboxylic acids is 1. The maximum absolute atomic E-state index is 16.2. The summed E-state index contributed by atoms with van der Waals surface area (Å²) in [5, 5.41) is 2.22. The maximum atomic E-state index is 16.2. The van der Waals surface area contributed by atoms with Gasteiger partial charge in [-0.15, -0.1) is 0 Å². The maximum Gasteiger partial charge on any atom is 0.253 e. The Kier molecular flexibility index (Phi) is 9.28. The molecule has 0 fully saturated rings. The van der Waals surface area contributed by atoms with E-state index in [2.05, 4.69) is 35.5 Å². The first kappa shape index (κ1) is 29.0. The number of benzene rings is 1. The molecular formula is C30H35ClF2N2O4. The first-order valence-corrected chi connectivity index (χ1v) is 13.8. The Bertz CT molecular complexity index is 1290. The molecule has 2 aromatic rings. The van der Waals surface area contributed by atoms with E-state index in [-0.39, 0.29) is 52.7 Å². The molecule has 0 radical (unpaired) electrons. The van der Waals surface area contributed by atoms with Gasteiger partial charge in [0.15, 0.2) is 5.82 Å². The first-order valence-electron chi connectivity index (χ1n) is 13.4. The Morgan fingerprint density at radius 3 is 2.72 bits per heavy atom. The van der Waals surface area contributed by atoms with Crippen LogP contribution in [0.25, 0.3) is 11.1 Å². The van der Waals surface area contributed by atoms with E-state index < -0.39 is 23.1 Å². The fourth-order valence-electron chi connectivity index (χ4n) is 5.10. The highest BCUT2D eigenvalue weighted by molar-refractivity contribution is 6.34. The summed E-state index contributed by atoms with van der Waals surface area (Å²) in [5.41, 5.74) is 0.627. The fourth-order valence-corrected chi connectivity index (χ4v) is 5.37. The van der Waals surface area contributed by atoms with Crippen molar-refractivity contribution in [3.63, 3.8) is 0 Å². The van der Waals surface area contributed by atoms with Gasteiger partial charge < -0.3 is 19.5 Å². The summed E-state index contributed by atoms with van der Waals surface area (Å²) in [4.78, 5) is 16.9. The monoisotopic (exact) mass is 560 g/mol. The molecule has 1 aliphatic carbocycles. The van der Waals surface area contributed by atoms with Crippen molar-refractivity contribution in [1.82, 2.24) is 10.3 Å². The Hall–Kier alpha value is -2.97. The summed E-state index contributed by atoms with van der Waals surface area (Å²) < 4.78 is 49.1. The van der Waals surface area contributed by atoms with E-state index in [1.54, 1.807) is 0 Å². The van der Waals surface area contributed by atoms with Crippen LogP contribution in [0.2, 0.25) is 5.02 Å². The van der Waals surface area contributed by atoms with Crippen LogP contribution in [-0.4, -0.2) is 42.9 Å². The standard InChI is InChI=1S/C30H35ClF2N2O4/c1-5-6-12-30(19-10-8-7-9-11-19)16-20-23(39-30)15-22(32)26(31)24(20)25-21(28(36)34-4)17-35-29(27(25)33)38-14-13-37-18(2)3/h8,10-11,15,17-18H,5-7,9,12-14,16H2,1-4H3,(H,34,36). The summed E-state index contributed by atoms with van der Waals surface area (Å²) in [5.74, 6) is -2.30. The van der Waals surface area contributed by atoms with Crippen LogP contribution in [0, 0.1) is 11.6 Å². The van der Waals surface area contributed by atoms with Crippen molar-refractivity contribution in [2.45, 2.75) is 71.0 Å². The summed E-state index contributed by atoms with van der Waals surface area (Å²) in [6.45, 7) is 6.11. The number of nitrogens with zero attached hydrogens (tertiary/aromatic N) is 1. The fraction of sp³-hybridized carbons (Fsp3) is 0.467. The van der Waals surface area contributed by atoms with E-state index in [9.17, 15) is 4.79 Å². The molecule has 1 N–H and O–H groups in total. The largest absolute Gasteiger partial charge is 0.482 e. The van der Waals surface area contributed by atoms with Gasteiger partial charge in [-0.2, -0.15) is 0 Å². The number of hydrogen-bond acceptors (Lipinski definition) is 5. The Morgan fingerprint density at radius 2 is 2.05 bits per heavy atom. The number of ether oxygens (including phenoxy) is 3. The number of nitrogens with one attached hydrogen (secondary N) is 1. The third kappa shape index (κ3) is 5.97. The second-order valence-corrected chi connectivity index (χ2v) is 10.4. The lowest BCUT2D eigenvalue weighted by Crippen LogP contribution is -2.36. The van der Waals surface area contributed by atoms with Gasteiger partial charge in [0.05, 0.1) is 23.3 Å². The Balaban J connectivity index is 1.86. The van der Waals surface area contributed by atoms with Gasteiger partial charge in [0.1, 0.15) is 23.8 Å². The minimum Gasteiger partial charge on any atom is -0.482 e. The number of hydrogen-bond donors (Lipinski definition) is 1. The van der Waals surface area contributed by atoms with Crippen molar-refractivity contribution >= 4 is 17.5 Å². The van der Waals surface area contributed by atoms with E-state index in [1.165, 1.54) is 19.3 Å². The average Bonchev–Trinajstić information content (AvgIpc) is 3.30. The number of fused-ring (bicyclic) bond motifs is 1. The van der Waals surface area contributed by atoms with Crippen molar-refractivity contribution < 1.29 is 27.8 Å². The molecule has 0 saturated carbocycles. The summed E-state index contributed by atoms with van der Waals surface area (Å²) in [7, 11) is 1.43. The highest BCUT2D eigenvalue weighted by Crippen LogP contribution is 2.51. The normalized spacial score (nSPS) is 18.1. The zero-order valence-corrected chi connectivity index (χ0v) is 23.6. The van der Waals surface area contributed by atoms with Crippen LogP contribution >= 0.6 is 11.6 Å². The molecule has 1 atom stereocenters. The van der Waals surface area contributed by atoms with Gasteiger partial charge in [-0.05, 0) is 45.1 Å². The van der Waals surface area contributed by atoms with Gasteiger partial charge in [0, 0.05) is 42.4 Å². The van der Waals surface area contributed by atoms with Crippen molar-refractivity contribution in [3.8, 4) is 22.8 Å². The third-order valence-corrected chi connectivity index (χ3v) is 7.36. The lowest BCUT2D eigenvalue weighted by molar-refractivity contribution is 0.0533. The molecule has 210 valence electrons. The lowest BCUT2D eigenvalue weighted by Gasteiger charge is -2.31. The van der Waals surface area contributed by atoms with Gasteiger partial charge in [-0.25, -0.2) is 13.8 Å². The molecule has 4 rings (SSSR count). The Morgan fingerprint density at radius 1 is 1.26 bits per heavy atom. The van der Waals surface area contributed by atoms with Crippen LogP contribution < -0.4 is 14.8 Å². The second-order valence-electron chi connectivity index (χ2n) is 10.1. The lowest BCUT2D eigenvalue weighted by atomic mass is 9.80. The van der Waals surface area contributed by atoms with Gasteiger partial charge in [-0.3, -0.25) is 4.79 Å². The van der Waals surface area contributed by atoms with Gasteiger partial charge in [-0.1, -0.05) is 43.2 Å². The molecule has 1 aliphatic heterocycles.